The summed E-state index contributed by atoms with van der Waals surface area (Å²) >= 11 is 0. The van der Waals surface area contributed by atoms with Crippen molar-refractivity contribution in [2.45, 2.75) is 74.7 Å². The van der Waals surface area contributed by atoms with E-state index in [0.717, 1.165) is 45.0 Å². The van der Waals surface area contributed by atoms with Crippen LogP contribution in [0.15, 0.2) is 71.0 Å². The molecule has 0 saturated carbocycles. The third kappa shape index (κ3) is 8.02. The number of furan rings is 1. The van der Waals surface area contributed by atoms with Crippen molar-refractivity contribution in [1.29, 1.82) is 0 Å². The summed E-state index contributed by atoms with van der Waals surface area (Å²) in [5.74, 6) is 1.16. The zero-order valence-corrected chi connectivity index (χ0v) is 29.2. The Balaban J connectivity index is 0.000000363. The third-order valence-electron chi connectivity index (χ3n) is 7.46. The average Bonchev–Trinajstić information content (AvgIpc) is 3.29. The van der Waals surface area contributed by atoms with Gasteiger partial charge in [0.25, 0.3) is 0 Å². The summed E-state index contributed by atoms with van der Waals surface area (Å²) in [6, 6.07) is 21.1. The van der Waals surface area contributed by atoms with Crippen LogP contribution < -0.4 is 0 Å². The first-order valence-electron chi connectivity index (χ1n) is 15.1. The number of aromatic nitrogens is 1. The number of nitrogens with zero attached hydrogens (tertiary/aromatic N) is 1. The number of rotatable bonds is 7. The topological polar surface area (TPSA) is 63.3 Å². The van der Waals surface area contributed by atoms with E-state index in [-0.39, 0.29) is 43.5 Å². The number of fused-ring (bicyclic) bond motifs is 4. The first-order chi connectivity index (χ1) is 19.8. The molecule has 4 nitrogen and oxygen atoms in total. The number of benzene rings is 3. The molecular weight excluding hydrogens is 711 g/mol. The van der Waals surface area contributed by atoms with Gasteiger partial charge in [-0.15, -0.1) is 17.7 Å². The second kappa shape index (κ2) is 14.5. The molecule has 5 rings (SSSR count). The minimum atomic E-state index is -0.0316. The summed E-state index contributed by atoms with van der Waals surface area (Å²) < 4.78 is 6.38. The molecule has 5 heteroatoms. The molecule has 1 radical (unpaired) electrons. The fourth-order valence-electron chi connectivity index (χ4n) is 4.93. The zero-order valence-electron chi connectivity index (χ0n) is 26.8. The van der Waals surface area contributed by atoms with E-state index in [9.17, 15) is 9.90 Å². The number of carbonyl (C=O) groups is 1. The van der Waals surface area contributed by atoms with Crippen LogP contribution in [-0.2, 0) is 31.3 Å². The summed E-state index contributed by atoms with van der Waals surface area (Å²) in [7, 11) is 0. The van der Waals surface area contributed by atoms with Crippen LogP contribution in [0.3, 0.4) is 0 Å². The molecule has 229 valence electrons. The van der Waals surface area contributed by atoms with Gasteiger partial charge < -0.3 is 14.5 Å². The van der Waals surface area contributed by atoms with Crippen molar-refractivity contribution in [2.75, 3.05) is 0 Å². The van der Waals surface area contributed by atoms with Gasteiger partial charge in [0.15, 0.2) is 5.78 Å². The van der Waals surface area contributed by atoms with Gasteiger partial charge in [0.2, 0.25) is 0 Å². The van der Waals surface area contributed by atoms with Gasteiger partial charge in [-0.2, -0.15) is 0 Å². The van der Waals surface area contributed by atoms with Gasteiger partial charge in [-0.1, -0.05) is 96.2 Å². The van der Waals surface area contributed by atoms with Gasteiger partial charge in [0.1, 0.15) is 5.58 Å². The molecule has 0 spiro atoms. The molecule has 3 aromatic carbocycles. The fraction of sp³-hybridized carbons (Fsp3) is 0.368. The summed E-state index contributed by atoms with van der Waals surface area (Å²) in [5.41, 5.74) is 7.46. The molecule has 2 aromatic heterocycles. The van der Waals surface area contributed by atoms with E-state index in [4.69, 9.17) is 9.40 Å². The first kappa shape index (κ1) is 34.2. The van der Waals surface area contributed by atoms with Gasteiger partial charge in [0, 0.05) is 49.6 Å². The van der Waals surface area contributed by atoms with Gasteiger partial charge in [0.05, 0.1) is 11.3 Å². The summed E-state index contributed by atoms with van der Waals surface area (Å²) in [6.07, 6.45) is 4.30. The minimum Gasteiger partial charge on any atom is -0.512 e. The monoisotopic (exact) mass is 755 g/mol. The van der Waals surface area contributed by atoms with Crippen LogP contribution in [0.4, 0.5) is 0 Å². The molecule has 0 saturated heterocycles. The number of hydrogen-bond donors (Lipinski definition) is 1. The van der Waals surface area contributed by atoms with E-state index in [0.29, 0.717) is 11.8 Å². The molecular formula is C38H44IrNO3-. The molecule has 2 heterocycles. The van der Waals surface area contributed by atoms with Crippen LogP contribution in [0.25, 0.3) is 44.0 Å². The number of aliphatic hydroxyl groups is 1. The van der Waals surface area contributed by atoms with Gasteiger partial charge >= 0.3 is 0 Å². The molecule has 43 heavy (non-hydrogen) atoms. The molecule has 0 bridgehead atoms. The Morgan fingerprint density at radius 1 is 0.907 bits per heavy atom. The predicted octanol–water partition coefficient (Wildman–Crippen LogP) is 10.5. The number of aliphatic hydroxyl groups excluding tert-OH is 1. The Bertz CT molecular complexity index is 1760. The molecule has 0 aliphatic rings. The molecule has 5 aromatic rings. The molecule has 1 N–H and O–H groups in total. The normalized spacial score (nSPS) is 12.0. The Morgan fingerprint density at radius 2 is 1.63 bits per heavy atom. The number of ketones is 1. The minimum absolute atomic E-state index is 0. The average molecular weight is 755 g/mol. The van der Waals surface area contributed by atoms with Gasteiger partial charge in [-0.3, -0.25) is 4.79 Å². The van der Waals surface area contributed by atoms with Crippen molar-refractivity contribution in [1.82, 2.24) is 4.98 Å². The Morgan fingerprint density at radius 3 is 2.26 bits per heavy atom. The summed E-state index contributed by atoms with van der Waals surface area (Å²) in [6.45, 7) is 18.4. The van der Waals surface area contributed by atoms with Crippen LogP contribution >= 0.6 is 0 Å². The van der Waals surface area contributed by atoms with E-state index in [1.807, 2.05) is 33.9 Å². The van der Waals surface area contributed by atoms with Crippen LogP contribution in [0, 0.1) is 30.7 Å². The second-order valence-corrected chi connectivity index (χ2v) is 12.7. The Labute approximate surface area is 270 Å². The smallest absolute Gasteiger partial charge is 0.161 e. The number of allylic oxidation sites excluding steroid dienone is 2. The standard InChI is InChI=1S/C29H28NO.C9H16O2.Ir/c1-17(2)12-20-7-8-23-21(14-20)10-11-30-28(23)26-16-22(18(3)4)15-25-24-13-19(5)6-9-27(24)31-29(25)26;1-6(2)8(10)5-9(11)7(3)4;/h6-11,13-15,17-18H,12H2,1-5H3;5-7,10H,1-4H3;/q-1;;/b;8-5-;. The van der Waals surface area contributed by atoms with Crippen LogP contribution in [0.1, 0.15) is 78.0 Å². The maximum Gasteiger partial charge on any atom is 0.161 e. The van der Waals surface area contributed by atoms with Crippen molar-refractivity contribution < 1.29 is 34.4 Å². The van der Waals surface area contributed by atoms with Crippen molar-refractivity contribution >= 4 is 38.5 Å². The SMILES string of the molecule is CC(C)C(=O)/C=C(\O)C(C)C.Cc1ccc2oc3c(-c4nccc5cc(CC(C)C)ccc45)[c-]c(C(C)C)cc3c2c1.[Ir]. The van der Waals surface area contributed by atoms with E-state index >= 15 is 0 Å². The molecule has 0 amide bonds. The number of carbonyl (C=O) groups excluding carboxylic acids is 1. The molecule has 0 atom stereocenters. The maximum atomic E-state index is 11.0. The Hall–Kier alpha value is -3.27. The van der Waals surface area contributed by atoms with Gasteiger partial charge in [-0.05, 0) is 65.4 Å². The number of aryl methyl sites for hydroxylation is 1. The van der Waals surface area contributed by atoms with E-state index in [1.165, 1.54) is 28.2 Å². The third-order valence-corrected chi connectivity index (χ3v) is 7.46. The molecule has 0 aliphatic heterocycles. The predicted molar refractivity (Wildman–Crippen MR) is 176 cm³/mol. The van der Waals surface area contributed by atoms with E-state index in [2.05, 4.69) is 89.2 Å². The quantitative estimate of drug-likeness (QED) is 0.102. The van der Waals surface area contributed by atoms with E-state index in [1.54, 1.807) is 0 Å². The molecule has 0 aliphatic carbocycles. The van der Waals surface area contributed by atoms with Crippen molar-refractivity contribution in [3.05, 3.63) is 89.3 Å². The fourth-order valence-corrected chi connectivity index (χ4v) is 4.93. The summed E-state index contributed by atoms with van der Waals surface area (Å²) in [5, 5.41) is 13.8. The Kier molecular flexibility index (Phi) is 11.5. The zero-order chi connectivity index (χ0) is 30.7. The van der Waals surface area contributed by atoms with Crippen molar-refractivity contribution in [3.8, 4) is 11.3 Å². The maximum absolute atomic E-state index is 11.0. The number of hydrogen-bond acceptors (Lipinski definition) is 4. The first-order valence-corrected chi connectivity index (χ1v) is 15.1. The van der Waals surface area contributed by atoms with Crippen LogP contribution in [-0.4, -0.2) is 15.9 Å². The molecule has 0 unspecified atom stereocenters. The second-order valence-electron chi connectivity index (χ2n) is 12.7. The summed E-state index contributed by atoms with van der Waals surface area (Å²) in [4.78, 5) is 15.8. The largest absolute Gasteiger partial charge is 0.512 e. The van der Waals surface area contributed by atoms with Crippen molar-refractivity contribution in [3.63, 3.8) is 0 Å². The number of pyridine rings is 1. The van der Waals surface area contributed by atoms with Crippen LogP contribution in [0.2, 0.25) is 0 Å². The van der Waals surface area contributed by atoms with Gasteiger partial charge in [-0.25, -0.2) is 0 Å². The van der Waals surface area contributed by atoms with Crippen LogP contribution in [0.5, 0.6) is 0 Å². The van der Waals surface area contributed by atoms with Crippen molar-refractivity contribution in [2.24, 2.45) is 17.8 Å². The molecule has 0 fully saturated rings. The van der Waals surface area contributed by atoms with E-state index < -0.39 is 0 Å².